The van der Waals surface area contributed by atoms with Gasteiger partial charge >= 0.3 is 0 Å². The van der Waals surface area contributed by atoms with Crippen LogP contribution in [-0.2, 0) is 0 Å². The number of rotatable bonds is 3. The van der Waals surface area contributed by atoms with E-state index in [-0.39, 0.29) is 5.56 Å². The van der Waals surface area contributed by atoms with Crippen LogP contribution in [0, 0.1) is 18.6 Å². The van der Waals surface area contributed by atoms with Crippen LogP contribution < -0.4 is 10.5 Å². The molecule has 0 aliphatic heterocycles. The van der Waals surface area contributed by atoms with E-state index in [9.17, 15) is 8.78 Å². The summed E-state index contributed by atoms with van der Waals surface area (Å²) < 4.78 is 31.9. The van der Waals surface area contributed by atoms with Crippen LogP contribution in [0.25, 0.3) is 0 Å². The summed E-state index contributed by atoms with van der Waals surface area (Å²) in [5.41, 5.74) is 7.98. The number of halogens is 2. The normalized spacial score (nSPS) is 12.3. The van der Waals surface area contributed by atoms with E-state index in [1.807, 2.05) is 19.1 Å². The van der Waals surface area contributed by atoms with Gasteiger partial charge in [0.05, 0.1) is 13.2 Å². The fourth-order valence-corrected chi connectivity index (χ4v) is 2.02. The quantitative estimate of drug-likeness (QED) is 0.921. The van der Waals surface area contributed by atoms with Gasteiger partial charge in [0, 0.05) is 17.2 Å². The third kappa shape index (κ3) is 2.74. The van der Waals surface area contributed by atoms with E-state index < -0.39 is 17.7 Å². The molecule has 1 atom stereocenters. The minimum Gasteiger partial charge on any atom is -0.496 e. The van der Waals surface area contributed by atoms with Crippen LogP contribution in [-0.4, -0.2) is 7.11 Å². The van der Waals surface area contributed by atoms with Gasteiger partial charge in [0.15, 0.2) is 0 Å². The smallest absolute Gasteiger partial charge is 0.131 e. The summed E-state index contributed by atoms with van der Waals surface area (Å²) in [5.74, 6) is -0.692. The number of hydrogen-bond donors (Lipinski definition) is 1. The Bertz CT molecular complexity index is 599. The van der Waals surface area contributed by atoms with E-state index in [4.69, 9.17) is 10.5 Å². The van der Waals surface area contributed by atoms with Gasteiger partial charge in [-0.15, -0.1) is 0 Å². The van der Waals surface area contributed by atoms with Crippen LogP contribution in [0.2, 0.25) is 0 Å². The van der Waals surface area contributed by atoms with Crippen LogP contribution in [0.1, 0.15) is 22.7 Å². The van der Waals surface area contributed by atoms with Crippen molar-refractivity contribution in [3.8, 4) is 5.75 Å². The first kappa shape index (κ1) is 13.5. The molecule has 0 aliphatic carbocycles. The average Bonchev–Trinajstić information content (AvgIpc) is 2.38. The maximum absolute atomic E-state index is 13.8. The molecule has 19 heavy (non-hydrogen) atoms. The summed E-state index contributed by atoms with van der Waals surface area (Å²) in [7, 11) is 1.53. The van der Waals surface area contributed by atoms with Crippen LogP contribution >= 0.6 is 0 Å². The molecule has 0 spiro atoms. The summed E-state index contributed by atoms with van der Waals surface area (Å²) in [6, 6.07) is 8.19. The van der Waals surface area contributed by atoms with Gasteiger partial charge < -0.3 is 10.5 Å². The van der Waals surface area contributed by atoms with Crippen molar-refractivity contribution < 1.29 is 13.5 Å². The fourth-order valence-electron chi connectivity index (χ4n) is 2.02. The van der Waals surface area contributed by atoms with Crippen molar-refractivity contribution in [2.75, 3.05) is 7.11 Å². The second kappa shape index (κ2) is 5.36. The molecule has 100 valence electrons. The average molecular weight is 263 g/mol. The number of nitrogens with two attached hydrogens (primary N) is 1. The lowest BCUT2D eigenvalue weighted by Crippen LogP contribution is -2.15. The van der Waals surface area contributed by atoms with Crippen LogP contribution in [0.15, 0.2) is 36.4 Å². The molecule has 2 nitrogen and oxygen atoms in total. The Morgan fingerprint density at radius 3 is 2.42 bits per heavy atom. The molecule has 4 heteroatoms. The number of methoxy groups -OCH3 is 1. The maximum Gasteiger partial charge on any atom is 0.131 e. The number of ether oxygens (including phenoxy) is 1. The van der Waals surface area contributed by atoms with Crippen molar-refractivity contribution in [1.82, 2.24) is 0 Å². The Hall–Kier alpha value is -1.94. The zero-order valence-electron chi connectivity index (χ0n) is 10.8. The van der Waals surface area contributed by atoms with Crippen molar-refractivity contribution in [1.29, 1.82) is 0 Å². The van der Waals surface area contributed by atoms with Gasteiger partial charge in [0.1, 0.15) is 17.4 Å². The molecule has 0 saturated carbocycles. The zero-order valence-corrected chi connectivity index (χ0v) is 10.8. The highest BCUT2D eigenvalue weighted by atomic mass is 19.1. The summed E-state index contributed by atoms with van der Waals surface area (Å²) in [6.07, 6.45) is 0. The highest BCUT2D eigenvalue weighted by molar-refractivity contribution is 5.43. The molecule has 0 saturated heterocycles. The van der Waals surface area contributed by atoms with Gasteiger partial charge in [-0.25, -0.2) is 8.78 Å². The summed E-state index contributed by atoms with van der Waals surface area (Å²) in [4.78, 5) is 0. The molecule has 2 N–H and O–H groups in total. The summed E-state index contributed by atoms with van der Waals surface area (Å²) in [6.45, 7) is 1.91. The Kier molecular flexibility index (Phi) is 3.81. The third-order valence-electron chi connectivity index (χ3n) is 3.02. The van der Waals surface area contributed by atoms with Gasteiger partial charge in [-0.05, 0) is 19.1 Å². The molecule has 0 radical (unpaired) electrons. The van der Waals surface area contributed by atoms with E-state index >= 15 is 0 Å². The van der Waals surface area contributed by atoms with Gasteiger partial charge in [0.25, 0.3) is 0 Å². The fraction of sp³-hybridized carbons (Fsp3) is 0.200. The minimum atomic E-state index is -0.699. The molecule has 0 amide bonds. The number of aryl methyl sites for hydroxylation is 1. The van der Waals surface area contributed by atoms with Crippen molar-refractivity contribution in [3.05, 3.63) is 64.7 Å². The highest BCUT2D eigenvalue weighted by Gasteiger charge is 2.18. The van der Waals surface area contributed by atoms with Gasteiger partial charge in [0.2, 0.25) is 0 Å². The maximum atomic E-state index is 13.8. The Morgan fingerprint density at radius 2 is 1.79 bits per heavy atom. The molecule has 2 aromatic rings. The first-order valence-corrected chi connectivity index (χ1v) is 5.88. The van der Waals surface area contributed by atoms with E-state index in [0.717, 1.165) is 11.6 Å². The van der Waals surface area contributed by atoms with Crippen molar-refractivity contribution in [2.45, 2.75) is 13.0 Å². The first-order valence-electron chi connectivity index (χ1n) is 5.88. The molecule has 2 rings (SSSR count). The van der Waals surface area contributed by atoms with Crippen LogP contribution in [0.3, 0.4) is 0 Å². The predicted molar refractivity (Wildman–Crippen MR) is 70.1 cm³/mol. The van der Waals surface area contributed by atoms with Crippen LogP contribution in [0.4, 0.5) is 8.78 Å². The topological polar surface area (TPSA) is 35.2 Å². The lowest BCUT2D eigenvalue weighted by molar-refractivity contribution is 0.407. The third-order valence-corrected chi connectivity index (χ3v) is 3.02. The van der Waals surface area contributed by atoms with Crippen LogP contribution in [0.5, 0.6) is 5.75 Å². The van der Waals surface area contributed by atoms with E-state index in [1.165, 1.54) is 19.2 Å². The predicted octanol–water partition coefficient (Wildman–Crippen LogP) is 3.33. The molecule has 0 fully saturated rings. The van der Waals surface area contributed by atoms with E-state index in [1.54, 1.807) is 6.07 Å². The lowest BCUT2D eigenvalue weighted by Gasteiger charge is -2.17. The molecular formula is C15H15F2NO. The summed E-state index contributed by atoms with van der Waals surface area (Å²) >= 11 is 0. The van der Waals surface area contributed by atoms with Crippen molar-refractivity contribution in [2.24, 2.45) is 5.73 Å². The highest BCUT2D eigenvalue weighted by Crippen LogP contribution is 2.30. The Morgan fingerprint density at radius 1 is 1.05 bits per heavy atom. The molecule has 0 bridgehead atoms. The SMILES string of the molecule is COc1ccc(C)cc1C(N)c1ccc(F)cc1F. The molecule has 0 heterocycles. The van der Waals surface area contributed by atoms with E-state index in [0.29, 0.717) is 11.3 Å². The summed E-state index contributed by atoms with van der Waals surface area (Å²) in [5, 5.41) is 0. The van der Waals surface area contributed by atoms with Crippen molar-refractivity contribution >= 4 is 0 Å². The second-order valence-electron chi connectivity index (χ2n) is 4.39. The second-order valence-corrected chi connectivity index (χ2v) is 4.39. The number of benzene rings is 2. The molecule has 1 unspecified atom stereocenters. The monoisotopic (exact) mass is 263 g/mol. The molecule has 0 aromatic heterocycles. The molecule has 2 aromatic carbocycles. The largest absolute Gasteiger partial charge is 0.496 e. The van der Waals surface area contributed by atoms with Crippen molar-refractivity contribution in [3.63, 3.8) is 0 Å². The Labute approximate surface area is 110 Å². The zero-order chi connectivity index (χ0) is 14.0. The van der Waals surface area contributed by atoms with Gasteiger partial charge in [-0.2, -0.15) is 0 Å². The minimum absolute atomic E-state index is 0.241. The number of hydrogen-bond acceptors (Lipinski definition) is 2. The van der Waals surface area contributed by atoms with Gasteiger partial charge in [-0.3, -0.25) is 0 Å². The lowest BCUT2D eigenvalue weighted by atomic mass is 9.97. The Balaban J connectivity index is 2.49. The standard InChI is InChI=1S/C15H15F2NO/c1-9-3-6-14(19-2)12(7-9)15(18)11-5-4-10(16)8-13(11)17/h3-8,15H,18H2,1-2H3. The van der Waals surface area contributed by atoms with E-state index in [2.05, 4.69) is 0 Å². The van der Waals surface area contributed by atoms with Gasteiger partial charge in [-0.1, -0.05) is 23.8 Å². The first-order chi connectivity index (χ1) is 9.02. The molecule has 0 aliphatic rings. The molecular weight excluding hydrogens is 248 g/mol.